The van der Waals surface area contributed by atoms with Gasteiger partial charge in [-0.05, 0) is 106 Å². The smallest absolute Gasteiger partial charge is 0.340 e. The van der Waals surface area contributed by atoms with Gasteiger partial charge in [0.25, 0.3) is 0 Å². The number of nitrogens with zero attached hydrogens (tertiary/aromatic N) is 2. The molecule has 0 saturated carbocycles. The van der Waals surface area contributed by atoms with E-state index in [1.807, 2.05) is 45.0 Å². The van der Waals surface area contributed by atoms with E-state index in [9.17, 15) is 23.5 Å². The Hall–Kier alpha value is -6.62. The van der Waals surface area contributed by atoms with Crippen LogP contribution in [-0.4, -0.2) is 40.7 Å². The molecule has 0 bridgehead atoms. The first kappa shape index (κ1) is 37.6. The molecular weight excluding hydrogens is 678 g/mol. The summed E-state index contributed by atoms with van der Waals surface area (Å²) in [6.07, 6.45) is 3.16. The van der Waals surface area contributed by atoms with Gasteiger partial charge in [0.2, 0.25) is 0 Å². The number of carboxylic acids is 1. The number of carbonyl (C=O) groups excluding carboxylic acids is 1. The van der Waals surface area contributed by atoms with E-state index in [-0.39, 0.29) is 17.2 Å². The molecule has 0 spiro atoms. The van der Waals surface area contributed by atoms with Gasteiger partial charge in [0.15, 0.2) is 0 Å². The van der Waals surface area contributed by atoms with E-state index >= 15 is 0 Å². The van der Waals surface area contributed by atoms with Crippen LogP contribution in [0, 0.1) is 32.4 Å². The number of carboxylic acid groups (broad SMARTS) is 1. The third kappa shape index (κ3) is 9.39. The lowest BCUT2D eigenvalue weighted by atomic mass is 10.0. The van der Waals surface area contributed by atoms with Crippen LogP contribution in [0.4, 0.5) is 31.5 Å². The second-order valence-electron chi connectivity index (χ2n) is 12.0. The maximum Gasteiger partial charge on any atom is 0.340 e. The number of anilines is 4. The number of halogens is 2. The third-order valence-electron chi connectivity index (χ3n) is 8.05. The SMILES string of the molecule is CCOC(=O)c1cc(C)ccc1Nc1cnc(-c2cc(OC)ccc2F)c(C)c1.Cc1ccc(Nc2ccc(-c3ccccc3F)nc2)c(C(=O)O)c1. The van der Waals surface area contributed by atoms with Crippen LogP contribution in [0.5, 0.6) is 5.75 Å². The van der Waals surface area contributed by atoms with Crippen molar-refractivity contribution < 1.29 is 33.0 Å². The van der Waals surface area contributed by atoms with Crippen molar-refractivity contribution in [1.82, 2.24) is 9.97 Å². The number of hydrogen-bond acceptors (Lipinski definition) is 8. The van der Waals surface area contributed by atoms with E-state index in [1.54, 1.807) is 80.0 Å². The minimum atomic E-state index is -1.00. The number of nitrogens with one attached hydrogen (secondary N) is 2. The average Bonchev–Trinajstić information content (AvgIpc) is 3.14. The summed E-state index contributed by atoms with van der Waals surface area (Å²) in [6.45, 7) is 7.67. The molecule has 2 heterocycles. The number of aryl methyl sites for hydroxylation is 3. The monoisotopic (exact) mass is 716 g/mol. The standard InChI is InChI=1S/C23H23FN2O3.C19H15FN2O2/c1-5-29-23(27)19-10-14(2)6-9-21(19)26-16-11-15(3)22(25-13-16)18-12-17(28-4)7-8-20(18)24;1-12-6-8-18(15(10-12)19(23)24)22-13-7-9-17(21-11-13)14-4-2-3-5-16(14)20/h6-13,26H,5H2,1-4H3;2-11,22H,1H3,(H,23,24). The third-order valence-corrected chi connectivity index (χ3v) is 8.05. The quantitative estimate of drug-likeness (QED) is 0.119. The highest BCUT2D eigenvalue weighted by Gasteiger charge is 2.16. The zero-order valence-electron chi connectivity index (χ0n) is 29.8. The van der Waals surface area contributed by atoms with Gasteiger partial charge in [0, 0.05) is 11.1 Å². The molecule has 53 heavy (non-hydrogen) atoms. The molecule has 0 unspecified atom stereocenters. The molecule has 0 atom stereocenters. The zero-order chi connectivity index (χ0) is 38.1. The van der Waals surface area contributed by atoms with Gasteiger partial charge < -0.3 is 25.2 Å². The second-order valence-corrected chi connectivity index (χ2v) is 12.0. The van der Waals surface area contributed by atoms with Gasteiger partial charge in [0.05, 0.1) is 71.4 Å². The molecular formula is C42H38F2N4O5. The molecule has 6 aromatic rings. The fraction of sp³-hybridized carbons (Fsp3) is 0.143. The normalized spacial score (nSPS) is 10.5. The van der Waals surface area contributed by atoms with Gasteiger partial charge in [-0.1, -0.05) is 35.4 Å². The summed E-state index contributed by atoms with van der Waals surface area (Å²) in [4.78, 5) is 32.3. The minimum Gasteiger partial charge on any atom is -0.497 e. The molecule has 3 N–H and O–H groups in total. The first-order chi connectivity index (χ1) is 25.5. The lowest BCUT2D eigenvalue weighted by Crippen LogP contribution is -2.08. The summed E-state index contributed by atoms with van der Waals surface area (Å²) in [5, 5.41) is 15.5. The predicted octanol–water partition coefficient (Wildman–Crippen LogP) is 10.1. The number of aromatic carboxylic acids is 1. The Bertz CT molecular complexity index is 2260. The van der Waals surface area contributed by atoms with Gasteiger partial charge in [-0.25, -0.2) is 18.4 Å². The number of ether oxygens (including phenoxy) is 2. The van der Waals surface area contributed by atoms with Gasteiger partial charge in [-0.3, -0.25) is 9.97 Å². The van der Waals surface area contributed by atoms with E-state index in [1.165, 1.54) is 19.2 Å². The zero-order valence-corrected chi connectivity index (χ0v) is 29.8. The van der Waals surface area contributed by atoms with Crippen LogP contribution in [-0.2, 0) is 4.74 Å². The molecule has 0 fully saturated rings. The second kappa shape index (κ2) is 17.1. The molecule has 9 nitrogen and oxygen atoms in total. The van der Waals surface area contributed by atoms with Gasteiger partial charge in [-0.15, -0.1) is 0 Å². The van der Waals surface area contributed by atoms with E-state index in [0.29, 0.717) is 63.2 Å². The number of rotatable bonds is 10. The fourth-order valence-corrected chi connectivity index (χ4v) is 5.43. The first-order valence-electron chi connectivity index (χ1n) is 16.6. The maximum atomic E-state index is 14.3. The molecule has 0 amide bonds. The molecule has 0 saturated heterocycles. The number of esters is 1. The Morgan fingerprint density at radius 2 is 1.36 bits per heavy atom. The first-order valence-corrected chi connectivity index (χ1v) is 16.6. The minimum absolute atomic E-state index is 0.188. The summed E-state index contributed by atoms with van der Waals surface area (Å²) in [6, 6.07) is 26.9. The molecule has 0 aliphatic carbocycles. The van der Waals surface area contributed by atoms with Crippen LogP contribution in [0.15, 0.2) is 109 Å². The van der Waals surface area contributed by atoms with Crippen LogP contribution in [0.25, 0.3) is 22.5 Å². The molecule has 270 valence electrons. The van der Waals surface area contributed by atoms with E-state index in [0.717, 1.165) is 16.7 Å². The van der Waals surface area contributed by atoms with Crippen LogP contribution >= 0.6 is 0 Å². The molecule has 2 aromatic heterocycles. The predicted molar refractivity (Wildman–Crippen MR) is 202 cm³/mol. The summed E-state index contributed by atoms with van der Waals surface area (Å²) >= 11 is 0. The lowest BCUT2D eigenvalue weighted by molar-refractivity contribution is 0.0527. The molecule has 6 rings (SSSR count). The van der Waals surface area contributed by atoms with Crippen molar-refractivity contribution in [2.75, 3.05) is 24.4 Å². The van der Waals surface area contributed by atoms with Crippen molar-refractivity contribution in [3.05, 3.63) is 149 Å². The van der Waals surface area contributed by atoms with Crippen LogP contribution in [0.1, 0.15) is 44.3 Å². The highest BCUT2D eigenvalue weighted by molar-refractivity contribution is 5.97. The molecule has 0 aliphatic rings. The van der Waals surface area contributed by atoms with Gasteiger partial charge in [0.1, 0.15) is 17.4 Å². The number of aromatic nitrogens is 2. The van der Waals surface area contributed by atoms with Crippen molar-refractivity contribution in [3.8, 4) is 28.3 Å². The van der Waals surface area contributed by atoms with E-state index < -0.39 is 11.9 Å². The van der Waals surface area contributed by atoms with Crippen LogP contribution in [0.3, 0.4) is 0 Å². The largest absolute Gasteiger partial charge is 0.497 e. The molecule has 0 aliphatic heterocycles. The Morgan fingerprint density at radius 3 is 1.98 bits per heavy atom. The average molecular weight is 717 g/mol. The Morgan fingerprint density at radius 1 is 0.717 bits per heavy atom. The number of carbonyl (C=O) groups is 2. The van der Waals surface area contributed by atoms with Crippen molar-refractivity contribution in [2.24, 2.45) is 0 Å². The van der Waals surface area contributed by atoms with E-state index in [4.69, 9.17) is 9.47 Å². The van der Waals surface area contributed by atoms with Crippen LogP contribution < -0.4 is 15.4 Å². The van der Waals surface area contributed by atoms with Crippen LogP contribution in [0.2, 0.25) is 0 Å². The molecule has 11 heteroatoms. The summed E-state index contributed by atoms with van der Waals surface area (Å²) in [5.41, 5.74) is 7.49. The summed E-state index contributed by atoms with van der Waals surface area (Å²) in [7, 11) is 1.53. The number of hydrogen-bond donors (Lipinski definition) is 3. The Labute approximate surface area is 306 Å². The van der Waals surface area contributed by atoms with Crippen molar-refractivity contribution in [2.45, 2.75) is 27.7 Å². The Balaban J connectivity index is 0.000000208. The summed E-state index contributed by atoms with van der Waals surface area (Å²) in [5.74, 6) is -1.54. The van der Waals surface area contributed by atoms with Crippen molar-refractivity contribution >= 4 is 34.7 Å². The lowest BCUT2D eigenvalue weighted by Gasteiger charge is -2.14. The summed E-state index contributed by atoms with van der Waals surface area (Å²) < 4.78 is 38.4. The highest BCUT2D eigenvalue weighted by Crippen LogP contribution is 2.31. The van der Waals surface area contributed by atoms with Crippen molar-refractivity contribution in [3.63, 3.8) is 0 Å². The number of benzene rings is 4. The fourth-order valence-electron chi connectivity index (χ4n) is 5.43. The molecule has 4 aromatic carbocycles. The van der Waals surface area contributed by atoms with Gasteiger partial charge >= 0.3 is 11.9 Å². The molecule has 0 radical (unpaired) electrons. The highest BCUT2D eigenvalue weighted by atomic mass is 19.1. The van der Waals surface area contributed by atoms with Crippen molar-refractivity contribution in [1.29, 1.82) is 0 Å². The number of methoxy groups -OCH3 is 1. The maximum absolute atomic E-state index is 14.3. The van der Waals surface area contributed by atoms with Gasteiger partial charge in [-0.2, -0.15) is 0 Å². The number of pyridine rings is 2. The topological polar surface area (TPSA) is 123 Å². The van der Waals surface area contributed by atoms with E-state index in [2.05, 4.69) is 20.6 Å². The Kier molecular flexibility index (Phi) is 12.1.